The highest BCUT2D eigenvalue weighted by molar-refractivity contribution is 7.98. The average Bonchev–Trinajstić information content (AvgIpc) is 2.61. The fourth-order valence-electron chi connectivity index (χ4n) is 1.96. The molecule has 0 atom stereocenters. The van der Waals surface area contributed by atoms with E-state index in [-0.39, 0.29) is 5.91 Å². The van der Waals surface area contributed by atoms with Crippen molar-refractivity contribution in [1.29, 1.82) is 0 Å². The molecule has 4 heteroatoms. The summed E-state index contributed by atoms with van der Waals surface area (Å²) < 4.78 is 5.39. The molecule has 0 fully saturated rings. The molecule has 0 aliphatic rings. The third kappa shape index (κ3) is 6.20. The van der Waals surface area contributed by atoms with Crippen LogP contribution in [0.3, 0.4) is 0 Å². The lowest BCUT2D eigenvalue weighted by Crippen LogP contribution is -2.25. The molecule has 0 aliphatic heterocycles. The monoisotopic (exact) mass is 327 g/mol. The van der Waals surface area contributed by atoms with Gasteiger partial charge in [0.05, 0.1) is 0 Å². The molecule has 0 saturated carbocycles. The molecule has 2 aromatic rings. The Kier molecular flexibility index (Phi) is 7.27. The first-order valence-electron chi connectivity index (χ1n) is 7.53. The van der Waals surface area contributed by atoms with Gasteiger partial charge in [0.25, 0.3) is 5.91 Å². The van der Waals surface area contributed by atoms with Crippen molar-refractivity contribution in [1.82, 2.24) is 5.32 Å². The second kappa shape index (κ2) is 9.74. The van der Waals surface area contributed by atoms with Crippen LogP contribution in [-0.4, -0.2) is 24.8 Å². The smallest absolute Gasteiger partial charge is 0.251 e. The molecule has 0 spiro atoms. The molecule has 3 nitrogen and oxygen atoms in total. The van der Waals surface area contributed by atoms with Crippen LogP contribution in [0.4, 0.5) is 0 Å². The van der Waals surface area contributed by atoms with Crippen molar-refractivity contribution in [2.45, 2.75) is 5.75 Å². The van der Waals surface area contributed by atoms with Gasteiger partial charge >= 0.3 is 0 Å². The van der Waals surface area contributed by atoms with Gasteiger partial charge in [-0.3, -0.25) is 4.79 Å². The predicted molar refractivity (Wildman–Crippen MR) is 97.1 cm³/mol. The Hall–Kier alpha value is -2.20. The molecule has 0 radical (unpaired) electrons. The zero-order valence-corrected chi connectivity index (χ0v) is 13.9. The summed E-state index contributed by atoms with van der Waals surface area (Å²) in [5.41, 5.74) is 1.95. The minimum Gasteiger partial charge on any atom is -0.490 e. The summed E-state index contributed by atoms with van der Waals surface area (Å²) in [6, 6.07) is 17.5. The molecule has 2 rings (SSSR count). The summed E-state index contributed by atoms with van der Waals surface area (Å²) >= 11 is 1.81. The zero-order valence-electron chi connectivity index (χ0n) is 13.0. The van der Waals surface area contributed by atoms with Crippen LogP contribution in [0.25, 0.3) is 0 Å². The number of carbonyl (C=O) groups excluding carboxylic acids is 1. The van der Waals surface area contributed by atoms with E-state index in [0.717, 1.165) is 17.3 Å². The van der Waals surface area contributed by atoms with Crippen LogP contribution < -0.4 is 10.1 Å². The first kappa shape index (κ1) is 17.2. The van der Waals surface area contributed by atoms with Crippen molar-refractivity contribution >= 4 is 17.7 Å². The molecule has 0 saturated heterocycles. The van der Waals surface area contributed by atoms with E-state index in [9.17, 15) is 4.79 Å². The highest BCUT2D eigenvalue weighted by Crippen LogP contribution is 2.13. The molecule has 0 aromatic heterocycles. The predicted octanol–water partition coefficient (Wildman–Crippen LogP) is 3.91. The van der Waals surface area contributed by atoms with E-state index < -0.39 is 0 Å². The normalized spacial score (nSPS) is 10.1. The van der Waals surface area contributed by atoms with E-state index in [4.69, 9.17) is 4.74 Å². The van der Waals surface area contributed by atoms with Crippen molar-refractivity contribution in [3.8, 4) is 5.75 Å². The van der Waals surface area contributed by atoms with Crippen LogP contribution >= 0.6 is 11.8 Å². The van der Waals surface area contributed by atoms with Gasteiger partial charge in [-0.15, -0.1) is 0 Å². The Morgan fingerprint density at radius 1 is 1.13 bits per heavy atom. The van der Waals surface area contributed by atoms with Gasteiger partial charge < -0.3 is 10.1 Å². The molecule has 0 heterocycles. The van der Waals surface area contributed by atoms with Crippen molar-refractivity contribution in [2.75, 3.05) is 18.9 Å². The van der Waals surface area contributed by atoms with Crippen molar-refractivity contribution in [2.24, 2.45) is 0 Å². The lowest BCUT2D eigenvalue weighted by Gasteiger charge is -2.07. The first-order chi connectivity index (χ1) is 11.3. The van der Waals surface area contributed by atoms with E-state index in [1.54, 1.807) is 30.3 Å². The number of rotatable bonds is 9. The number of carbonyl (C=O) groups is 1. The summed E-state index contributed by atoms with van der Waals surface area (Å²) in [7, 11) is 0. The second-order valence-corrected chi connectivity index (χ2v) is 6.02. The van der Waals surface area contributed by atoms with E-state index in [1.165, 1.54) is 5.56 Å². The van der Waals surface area contributed by atoms with Crippen LogP contribution in [0, 0.1) is 0 Å². The Morgan fingerprint density at radius 3 is 2.57 bits per heavy atom. The number of hydrogen-bond donors (Lipinski definition) is 1. The van der Waals surface area contributed by atoms with E-state index in [0.29, 0.717) is 18.7 Å². The molecule has 2 aromatic carbocycles. The van der Waals surface area contributed by atoms with E-state index in [1.807, 2.05) is 30.0 Å². The van der Waals surface area contributed by atoms with Gasteiger partial charge in [-0.05, 0) is 29.8 Å². The lowest BCUT2D eigenvalue weighted by atomic mass is 10.2. The Morgan fingerprint density at radius 2 is 1.87 bits per heavy atom. The average molecular weight is 327 g/mol. The standard InChI is InChI=1S/C19H21NO2S/c1-2-13-22-18-10-8-17(9-11-18)19(21)20-12-14-23-15-16-6-4-3-5-7-16/h2-11H,1,12-15H2,(H,20,21). The van der Waals surface area contributed by atoms with Crippen molar-refractivity contribution in [3.05, 3.63) is 78.4 Å². The highest BCUT2D eigenvalue weighted by Gasteiger charge is 2.04. The van der Waals surface area contributed by atoms with Crippen molar-refractivity contribution < 1.29 is 9.53 Å². The van der Waals surface area contributed by atoms with Gasteiger partial charge in [0.1, 0.15) is 12.4 Å². The van der Waals surface area contributed by atoms with Crippen LogP contribution in [0.5, 0.6) is 5.75 Å². The summed E-state index contributed by atoms with van der Waals surface area (Å²) in [5.74, 6) is 2.54. The lowest BCUT2D eigenvalue weighted by molar-refractivity contribution is 0.0956. The van der Waals surface area contributed by atoms with Crippen LogP contribution in [0.15, 0.2) is 67.3 Å². The molecule has 1 amide bonds. The highest BCUT2D eigenvalue weighted by atomic mass is 32.2. The largest absolute Gasteiger partial charge is 0.490 e. The topological polar surface area (TPSA) is 38.3 Å². The van der Waals surface area contributed by atoms with Crippen molar-refractivity contribution in [3.63, 3.8) is 0 Å². The Bertz CT molecular complexity index is 611. The van der Waals surface area contributed by atoms with Gasteiger partial charge in [0, 0.05) is 23.6 Å². The maximum absolute atomic E-state index is 12.0. The minimum atomic E-state index is -0.0550. The van der Waals surface area contributed by atoms with Gasteiger partial charge in [0.15, 0.2) is 0 Å². The van der Waals surface area contributed by atoms with Gasteiger partial charge in [-0.1, -0.05) is 43.0 Å². The Labute approximate surface area is 141 Å². The SMILES string of the molecule is C=CCOc1ccc(C(=O)NCCSCc2ccccc2)cc1. The van der Waals surface area contributed by atoms with Crippen LogP contribution in [0.2, 0.25) is 0 Å². The Balaban J connectivity index is 1.67. The van der Waals surface area contributed by atoms with Gasteiger partial charge in [0.2, 0.25) is 0 Å². The maximum Gasteiger partial charge on any atom is 0.251 e. The molecule has 120 valence electrons. The number of ether oxygens (including phenoxy) is 1. The first-order valence-corrected chi connectivity index (χ1v) is 8.68. The third-order valence-electron chi connectivity index (χ3n) is 3.13. The molecule has 0 unspecified atom stereocenters. The minimum absolute atomic E-state index is 0.0550. The summed E-state index contributed by atoms with van der Waals surface area (Å²) in [5, 5.41) is 2.93. The quantitative estimate of drug-likeness (QED) is 0.560. The molecule has 1 N–H and O–H groups in total. The fourth-order valence-corrected chi connectivity index (χ4v) is 2.78. The maximum atomic E-state index is 12.0. The number of hydrogen-bond acceptors (Lipinski definition) is 3. The molecule has 0 bridgehead atoms. The van der Waals surface area contributed by atoms with Gasteiger partial charge in [-0.25, -0.2) is 0 Å². The molecule has 23 heavy (non-hydrogen) atoms. The number of benzene rings is 2. The summed E-state index contributed by atoms with van der Waals surface area (Å²) in [6.07, 6.45) is 1.69. The van der Waals surface area contributed by atoms with Crippen LogP contribution in [-0.2, 0) is 5.75 Å². The summed E-state index contributed by atoms with van der Waals surface area (Å²) in [4.78, 5) is 12.0. The van der Waals surface area contributed by atoms with Gasteiger partial charge in [-0.2, -0.15) is 11.8 Å². The fraction of sp³-hybridized carbons (Fsp3) is 0.211. The third-order valence-corrected chi connectivity index (χ3v) is 4.16. The van der Waals surface area contributed by atoms with E-state index in [2.05, 4.69) is 24.0 Å². The molecular weight excluding hydrogens is 306 g/mol. The number of amides is 1. The van der Waals surface area contributed by atoms with E-state index >= 15 is 0 Å². The second-order valence-electron chi connectivity index (χ2n) is 4.92. The molecular formula is C19H21NO2S. The molecule has 0 aliphatic carbocycles. The van der Waals surface area contributed by atoms with Crippen LogP contribution in [0.1, 0.15) is 15.9 Å². The number of nitrogens with one attached hydrogen (secondary N) is 1. The number of thioether (sulfide) groups is 1. The summed E-state index contributed by atoms with van der Waals surface area (Å²) in [6.45, 7) is 4.72. The zero-order chi connectivity index (χ0) is 16.3.